The van der Waals surface area contributed by atoms with Gasteiger partial charge in [-0.2, -0.15) is 0 Å². The van der Waals surface area contributed by atoms with E-state index in [-0.39, 0.29) is 11.6 Å². The molecule has 78 valence electrons. The molecule has 0 saturated carbocycles. The minimum absolute atomic E-state index is 0.143. The minimum atomic E-state index is -0.269. The molecule has 1 unspecified atom stereocenters. The first-order valence-electron chi connectivity index (χ1n) is 5.10. The molecule has 1 aromatic rings. The van der Waals surface area contributed by atoms with Gasteiger partial charge in [0.2, 0.25) is 0 Å². The second-order valence-corrected chi connectivity index (χ2v) is 4.36. The Morgan fingerprint density at radius 1 is 1.21 bits per heavy atom. The van der Waals surface area contributed by atoms with Crippen LogP contribution in [0.4, 0.5) is 0 Å². The molecule has 0 saturated heterocycles. The fourth-order valence-corrected chi connectivity index (χ4v) is 1.40. The van der Waals surface area contributed by atoms with Crippen LogP contribution in [0.1, 0.15) is 44.4 Å². The van der Waals surface area contributed by atoms with Crippen molar-refractivity contribution in [3.63, 3.8) is 0 Å². The second kappa shape index (κ2) is 4.11. The highest BCUT2D eigenvalue weighted by atomic mass is 14.7. The molecule has 0 heterocycles. The molecule has 0 radical (unpaired) electrons. The first-order chi connectivity index (χ1) is 6.45. The summed E-state index contributed by atoms with van der Waals surface area (Å²) in [6.07, 6.45) is 0.964. The Morgan fingerprint density at radius 2 is 1.71 bits per heavy atom. The summed E-state index contributed by atoms with van der Waals surface area (Å²) in [7, 11) is 0. The quantitative estimate of drug-likeness (QED) is 0.772. The van der Waals surface area contributed by atoms with Crippen molar-refractivity contribution in [1.29, 1.82) is 0 Å². The van der Waals surface area contributed by atoms with E-state index in [0.29, 0.717) is 0 Å². The van der Waals surface area contributed by atoms with Crippen molar-refractivity contribution < 1.29 is 0 Å². The van der Waals surface area contributed by atoms with Crippen molar-refractivity contribution in [3.8, 4) is 0 Å². The lowest BCUT2D eigenvalue weighted by Crippen LogP contribution is -2.28. The zero-order chi connectivity index (χ0) is 10.8. The molecule has 0 aliphatic heterocycles. The predicted octanol–water partition coefficient (Wildman–Crippen LogP) is 2.29. The standard InChI is InChI=1S/C12H20N2/c1-4-11(13)9-5-7-10(8-6-9)12(2,3)14/h5-8,11H,4,13-14H2,1-3H3. The molecule has 2 heteroatoms. The normalized spacial score (nSPS) is 14.1. The van der Waals surface area contributed by atoms with Gasteiger partial charge in [-0.1, -0.05) is 31.2 Å². The summed E-state index contributed by atoms with van der Waals surface area (Å²) < 4.78 is 0. The van der Waals surface area contributed by atoms with E-state index < -0.39 is 0 Å². The molecular weight excluding hydrogens is 172 g/mol. The maximum Gasteiger partial charge on any atom is 0.0352 e. The van der Waals surface area contributed by atoms with Crippen LogP contribution >= 0.6 is 0 Å². The van der Waals surface area contributed by atoms with E-state index in [4.69, 9.17) is 11.5 Å². The molecule has 1 atom stereocenters. The lowest BCUT2D eigenvalue weighted by Gasteiger charge is -2.20. The molecule has 0 fully saturated rings. The van der Waals surface area contributed by atoms with Gasteiger partial charge in [0.05, 0.1) is 0 Å². The Morgan fingerprint density at radius 3 is 2.07 bits per heavy atom. The third kappa shape index (κ3) is 2.56. The highest BCUT2D eigenvalue weighted by Gasteiger charge is 2.13. The number of hydrogen-bond donors (Lipinski definition) is 2. The van der Waals surface area contributed by atoms with Gasteiger partial charge in [0, 0.05) is 11.6 Å². The van der Waals surface area contributed by atoms with Crippen LogP contribution in [0.3, 0.4) is 0 Å². The van der Waals surface area contributed by atoms with Crippen LogP contribution in [0.2, 0.25) is 0 Å². The Balaban J connectivity index is 2.89. The van der Waals surface area contributed by atoms with Crippen molar-refractivity contribution in [2.75, 3.05) is 0 Å². The van der Waals surface area contributed by atoms with Crippen LogP contribution in [-0.2, 0) is 5.54 Å². The van der Waals surface area contributed by atoms with Gasteiger partial charge in [-0.3, -0.25) is 0 Å². The number of hydrogen-bond acceptors (Lipinski definition) is 2. The molecular formula is C12H20N2. The predicted molar refractivity (Wildman–Crippen MR) is 60.9 cm³/mol. The Kier molecular flexibility index (Phi) is 3.29. The number of rotatable bonds is 3. The fourth-order valence-electron chi connectivity index (χ4n) is 1.40. The second-order valence-electron chi connectivity index (χ2n) is 4.36. The summed E-state index contributed by atoms with van der Waals surface area (Å²) in [6, 6.07) is 8.40. The summed E-state index contributed by atoms with van der Waals surface area (Å²) in [6.45, 7) is 6.09. The first-order valence-corrected chi connectivity index (χ1v) is 5.10. The Hall–Kier alpha value is -0.860. The molecule has 0 bridgehead atoms. The first kappa shape index (κ1) is 11.2. The van der Waals surface area contributed by atoms with Crippen molar-refractivity contribution >= 4 is 0 Å². The van der Waals surface area contributed by atoms with Crippen LogP contribution in [-0.4, -0.2) is 0 Å². The van der Waals surface area contributed by atoms with Gasteiger partial charge >= 0.3 is 0 Å². The van der Waals surface area contributed by atoms with E-state index in [0.717, 1.165) is 12.0 Å². The third-order valence-corrected chi connectivity index (χ3v) is 2.52. The molecule has 0 aliphatic rings. The van der Waals surface area contributed by atoms with Gasteiger partial charge in [-0.15, -0.1) is 0 Å². The molecule has 0 spiro atoms. The zero-order valence-corrected chi connectivity index (χ0v) is 9.25. The number of benzene rings is 1. The molecule has 4 N–H and O–H groups in total. The highest BCUT2D eigenvalue weighted by molar-refractivity contribution is 5.28. The van der Waals surface area contributed by atoms with E-state index in [1.807, 2.05) is 13.8 Å². The maximum atomic E-state index is 5.98. The third-order valence-electron chi connectivity index (χ3n) is 2.52. The summed E-state index contributed by atoms with van der Waals surface area (Å²) in [5, 5.41) is 0. The lowest BCUT2D eigenvalue weighted by molar-refractivity contribution is 0.553. The van der Waals surface area contributed by atoms with Gasteiger partial charge in [-0.25, -0.2) is 0 Å². The molecule has 0 amide bonds. The van der Waals surface area contributed by atoms with E-state index in [2.05, 4.69) is 31.2 Å². The Labute approximate surface area is 86.3 Å². The van der Waals surface area contributed by atoms with Gasteiger partial charge < -0.3 is 11.5 Å². The fraction of sp³-hybridized carbons (Fsp3) is 0.500. The van der Waals surface area contributed by atoms with Crippen LogP contribution in [0.15, 0.2) is 24.3 Å². The van der Waals surface area contributed by atoms with Crippen molar-refractivity contribution in [1.82, 2.24) is 0 Å². The van der Waals surface area contributed by atoms with Crippen LogP contribution in [0.25, 0.3) is 0 Å². The van der Waals surface area contributed by atoms with E-state index in [9.17, 15) is 0 Å². The topological polar surface area (TPSA) is 52.0 Å². The van der Waals surface area contributed by atoms with Crippen molar-refractivity contribution in [3.05, 3.63) is 35.4 Å². The summed E-state index contributed by atoms with van der Waals surface area (Å²) in [4.78, 5) is 0. The minimum Gasteiger partial charge on any atom is -0.324 e. The van der Waals surface area contributed by atoms with Crippen molar-refractivity contribution in [2.45, 2.75) is 38.8 Å². The zero-order valence-electron chi connectivity index (χ0n) is 9.25. The molecule has 0 aromatic heterocycles. The van der Waals surface area contributed by atoms with Gasteiger partial charge in [0.25, 0.3) is 0 Å². The SMILES string of the molecule is CCC(N)c1ccc(C(C)(C)N)cc1. The molecule has 14 heavy (non-hydrogen) atoms. The smallest absolute Gasteiger partial charge is 0.0352 e. The van der Waals surface area contributed by atoms with Crippen LogP contribution < -0.4 is 11.5 Å². The monoisotopic (exact) mass is 192 g/mol. The van der Waals surface area contributed by atoms with Gasteiger partial charge in [0.1, 0.15) is 0 Å². The van der Waals surface area contributed by atoms with Gasteiger partial charge in [0.15, 0.2) is 0 Å². The summed E-state index contributed by atoms with van der Waals surface area (Å²) >= 11 is 0. The summed E-state index contributed by atoms with van der Waals surface area (Å²) in [5.41, 5.74) is 14.0. The molecule has 0 aliphatic carbocycles. The van der Waals surface area contributed by atoms with E-state index in [1.54, 1.807) is 0 Å². The van der Waals surface area contributed by atoms with Crippen LogP contribution in [0, 0.1) is 0 Å². The summed E-state index contributed by atoms with van der Waals surface area (Å²) in [5.74, 6) is 0. The van der Waals surface area contributed by atoms with Crippen LogP contribution in [0.5, 0.6) is 0 Å². The largest absolute Gasteiger partial charge is 0.324 e. The Bertz CT molecular complexity index is 282. The average Bonchev–Trinajstić information content (AvgIpc) is 2.15. The van der Waals surface area contributed by atoms with Crippen molar-refractivity contribution in [2.24, 2.45) is 11.5 Å². The number of nitrogens with two attached hydrogens (primary N) is 2. The lowest BCUT2D eigenvalue weighted by atomic mass is 9.93. The molecule has 1 rings (SSSR count). The molecule has 1 aromatic carbocycles. The average molecular weight is 192 g/mol. The highest BCUT2D eigenvalue weighted by Crippen LogP contribution is 2.20. The van der Waals surface area contributed by atoms with E-state index >= 15 is 0 Å². The maximum absolute atomic E-state index is 5.98. The van der Waals surface area contributed by atoms with E-state index in [1.165, 1.54) is 5.56 Å². The van der Waals surface area contributed by atoms with Gasteiger partial charge in [-0.05, 0) is 31.4 Å². The molecule has 2 nitrogen and oxygen atoms in total.